The van der Waals surface area contributed by atoms with E-state index in [1.54, 1.807) is 0 Å². The number of H-pyrrole nitrogens is 1. The number of nitrogens with zero attached hydrogens (tertiary/aromatic N) is 3. The second-order valence-corrected chi connectivity index (χ2v) is 8.50. The Morgan fingerprint density at radius 3 is 2.13 bits per heavy atom. The molecule has 4 N–H and O–H groups in total. The molecule has 172 valence electrons. The van der Waals surface area contributed by atoms with Crippen molar-refractivity contribution in [2.45, 2.75) is 59.5 Å². The van der Waals surface area contributed by atoms with Crippen LogP contribution in [0.3, 0.4) is 0 Å². The van der Waals surface area contributed by atoms with Gasteiger partial charge < -0.3 is 19.6 Å². The summed E-state index contributed by atoms with van der Waals surface area (Å²) in [6.45, 7) is 8.92. The average Bonchev–Trinajstić information content (AvgIpc) is 3.02. The molecule has 1 fully saturated rings. The second kappa shape index (κ2) is 9.94. The number of hydrogen-bond donors (Lipinski definition) is 4. The Balaban J connectivity index is 0.000000285. The molecule has 3 rings (SSSR count). The van der Waals surface area contributed by atoms with Gasteiger partial charge in [-0.15, -0.1) is 0 Å². The predicted octanol–water partition coefficient (Wildman–Crippen LogP) is 0.313. The van der Waals surface area contributed by atoms with Crippen LogP contribution in [0, 0.1) is 34.6 Å². The average molecular weight is 458 g/mol. The molecule has 1 aliphatic heterocycles. The van der Waals surface area contributed by atoms with Crippen LogP contribution in [0.2, 0.25) is 0 Å². The van der Waals surface area contributed by atoms with Gasteiger partial charge in [0.2, 0.25) is 0 Å². The molecule has 13 heteroatoms. The first-order valence-electron chi connectivity index (χ1n) is 9.42. The number of phosphoric ester groups is 1. The van der Waals surface area contributed by atoms with Gasteiger partial charge in [0.25, 0.3) is 5.56 Å². The third-order valence-electron chi connectivity index (χ3n) is 4.79. The zero-order valence-corrected chi connectivity index (χ0v) is 18.8. The molecule has 0 bridgehead atoms. The molecule has 1 saturated heterocycles. The molecule has 0 spiro atoms. The van der Waals surface area contributed by atoms with E-state index >= 15 is 0 Å². The number of aliphatic hydroxyl groups is 1. The molecule has 0 aliphatic carbocycles. The highest BCUT2D eigenvalue weighted by Gasteiger charge is 2.37. The lowest BCUT2D eigenvalue weighted by molar-refractivity contribution is -0.0451. The largest absolute Gasteiger partial charge is 0.469 e. The number of nitrogens with one attached hydrogen (secondary N) is 1. The molecule has 0 unspecified atom stereocenters. The van der Waals surface area contributed by atoms with Crippen molar-refractivity contribution in [3.8, 4) is 0 Å². The SMILES string of the molecule is Cc1cn([C@H]2C[C@H](O)[C@@H](COP(=O)(O)O)O2)c(=O)[nH]c1=O.Cc1nc(C)c(C)nc1C. The van der Waals surface area contributed by atoms with E-state index in [2.05, 4.69) is 19.5 Å². The van der Waals surface area contributed by atoms with Crippen LogP contribution in [0.15, 0.2) is 15.8 Å². The number of aliphatic hydroxyl groups excluding tert-OH is 1. The van der Waals surface area contributed by atoms with Crippen molar-refractivity contribution in [3.05, 3.63) is 55.4 Å². The summed E-state index contributed by atoms with van der Waals surface area (Å²) >= 11 is 0. The van der Waals surface area contributed by atoms with Crippen molar-refractivity contribution >= 4 is 7.82 Å². The molecule has 3 heterocycles. The first-order chi connectivity index (χ1) is 14.3. The van der Waals surface area contributed by atoms with Crippen molar-refractivity contribution in [2.24, 2.45) is 0 Å². The van der Waals surface area contributed by atoms with E-state index in [1.807, 2.05) is 27.7 Å². The Hall–Kier alpha value is -2.21. The Kier molecular flexibility index (Phi) is 8.04. The Bertz CT molecular complexity index is 1040. The number of aryl methyl sites for hydroxylation is 5. The first-order valence-corrected chi connectivity index (χ1v) is 11.0. The summed E-state index contributed by atoms with van der Waals surface area (Å²) in [5, 5.41) is 9.79. The number of hydrogen-bond acceptors (Lipinski definition) is 8. The molecule has 31 heavy (non-hydrogen) atoms. The van der Waals surface area contributed by atoms with E-state index in [1.165, 1.54) is 13.1 Å². The lowest BCUT2D eigenvalue weighted by Gasteiger charge is -2.16. The van der Waals surface area contributed by atoms with E-state index < -0.39 is 44.1 Å². The smallest absolute Gasteiger partial charge is 0.390 e. The minimum atomic E-state index is -4.67. The monoisotopic (exact) mass is 458 g/mol. The summed E-state index contributed by atoms with van der Waals surface area (Å²) in [4.78, 5) is 50.9. The van der Waals surface area contributed by atoms with E-state index in [0.29, 0.717) is 5.56 Å². The van der Waals surface area contributed by atoms with Crippen LogP contribution in [-0.4, -0.2) is 53.2 Å². The highest BCUT2D eigenvalue weighted by atomic mass is 31.2. The molecule has 0 aromatic carbocycles. The van der Waals surface area contributed by atoms with Gasteiger partial charge in [-0.05, 0) is 34.6 Å². The molecule has 0 radical (unpaired) electrons. The van der Waals surface area contributed by atoms with Gasteiger partial charge >= 0.3 is 13.5 Å². The van der Waals surface area contributed by atoms with Crippen molar-refractivity contribution in [3.63, 3.8) is 0 Å². The molecule has 3 atom stereocenters. The number of phosphoric acid groups is 1. The van der Waals surface area contributed by atoms with Gasteiger partial charge in [0.1, 0.15) is 12.3 Å². The summed E-state index contributed by atoms with van der Waals surface area (Å²) in [5.41, 5.74) is 3.20. The number of aromatic nitrogens is 4. The van der Waals surface area contributed by atoms with Gasteiger partial charge in [0.05, 0.1) is 35.5 Å². The highest BCUT2D eigenvalue weighted by molar-refractivity contribution is 7.46. The normalized spacial score (nSPS) is 21.0. The lowest BCUT2D eigenvalue weighted by atomic mass is 10.2. The van der Waals surface area contributed by atoms with E-state index in [9.17, 15) is 19.3 Å². The van der Waals surface area contributed by atoms with Crippen LogP contribution < -0.4 is 11.2 Å². The number of ether oxygens (including phenoxy) is 1. The summed E-state index contributed by atoms with van der Waals surface area (Å²) in [6, 6.07) is 0. The zero-order chi connectivity index (χ0) is 23.5. The third-order valence-corrected chi connectivity index (χ3v) is 5.27. The van der Waals surface area contributed by atoms with Gasteiger partial charge in [-0.2, -0.15) is 0 Å². The van der Waals surface area contributed by atoms with Crippen molar-refractivity contribution < 1.29 is 28.7 Å². The van der Waals surface area contributed by atoms with E-state index in [-0.39, 0.29) is 6.42 Å². The lowest BCUT2D eigenvalue weighted by Crippen LogP contribution is -2.33. The maximum Gasteiger partial charge on any atom is 0.469 e. The minimum absolute atomic E-state index is 0.0283. The topological polar surface area (TPSA) is 177 Å². The summed E-state index contributed by atoms with van der Waals surface area (Å²) < 4.78 is 21.4. The fourth-order valence-electron chi connectivity index (χ4n) is 2.83. The minimum Gasteiger partial charge on any atom is -0.390 e. The highest BCUT2D eigenvalue weighted by Crippen LogP contribution is 2.38. The maximum atomic E-state index is 11.7. The third kappa shape index (κ3) is 6.89. The van der Waals surface area contributed by atoms with Crippen LogP contribution in [0.1, 0.15) is 41.0 Å². The second-order valence-electron chi connectivity index (χ2n) is 7.26. The van der Waals surface area contributed by atoms with Gasteiger partial charge in [0, 0.05) is 18.2 Å². The summed E-state index contributed by atoms with van der Waals surface area (Å²) in [7, 11) is -4.67. The molecule has 0 amide bonds. The van der Waals surface area contributed by atoms with E-state index in [4.69, 9.17) is 14.5 Å². The van der Waals surface area contributed by atoms with Gasteiger partial charge in [0.15, 0.2) is 0 Å². The van der Waals surface area contributed by atoms with Crippen molar-refractivity contribution in [1.82, 2.24) is 19.5 Å². The molecular weight excluding hydrogens is 431 g/mol. The fraction of sp³-hybridized carbons (Fsp3) is 0.556. The van der Waals surface area contributed by atoms with Gasteiger partial charge in [-0.3, -0.25) is 28.8 Å². The summed E-state index contributed by atoms with van der Waals surface area (Å²) in [5.74, 6) is 0. The molecule has 2 aromatic rings. The Morgan fingerprint density at radius 2 is 1.65 bits per heavy atom. The van der Waals surface area contributed by atoms with Crippen LogP contribution in [0.5, 0.6) is 0 Å². The van der Waals surface area contributed by atoms with Gasteiger partial charge in [-0.1, -0.05) is 0 Å². The van der Waals surface area contributed by atoms with Crippen molar-refractivity contribution in [1.29, 1.82) is 0 Å². The molecular formula is C18H27N4O8P. The zero-order valence-electron chi connectivity index (χ0n) is 17.9. The van der Waals surface area contributed by atoms with Crippen LogP contribution >= 0.6 is 7.82 Å². The Morgan fingerprint density at radius 1 is 1.13 bits per heavy atom. The number of aromatic amines is 1. The maximum absolute atomic E-state index is 11.7. The van der Waals surface area contributed by atoms with E-state index in [0.717, 1.165) is 27.3 Å². The quantitative estimate of drug-likeness (QED) is 0.466. The molecule has 1 aliphatic rings. The number of rotatable bonds is 4. The van der Waals surface area contributed by atoms with Crippen LogP contribution in [-0.2, 0) is 13.8 Å². The fourth-order valence-corrected chi connectivity index (χ4v) is 3.17. The summed E-state index contributed by atoms with van der Waals surface area (Å²) in [6.07, 6.45) is -1.57. The molecule has 0 saturated carbocycles. The first kappa shape index (κ1) is 25.1. The Labute approximate surface area is 178 Å². The van der Waals surface area contributed by atoms with Crippen LogP contribution in [0.25, 0.3) is 0 Å². The standard InChI is InChI=1S/C10H15N2O8P.C8H12N2/c1-5-3-12(10(15)11-9(5)14)8-2-6(13)7(20-8)4-19-21(16,17)18;1-5-6(2)10-8(4)7(3)9-5/h3,6-8,13H,2,4H2,1H3,(H,11,14,15)(H2,16,17,18);1-4H3/t6-,7+,8+;/m0./s1. The molecule has 12 nitrogen and oxygen atoms in total. The molecule has 2 aromatic heterocycles. The predicted molar refractivity (Wildman–Crippen MR) is 110 cm³/mol. The van der Waals surface area contributed by atoms with Crippen LogP contribution in [0.4, 0.5) is 0 Å². The van der Waals surface area contributed by atoms with Crippen molar-refractivity contribution in [2.75, 3.05) is 6.61 Å². The van der Waals surface area contributed by atoms with Gasteiger partial charge in [-0.25, -0.2) is 9.36 Å².